The topological polar surface area (TPSA) is 35.2 Å². The van der Waals surface area contributed by atoms with Crippen LogP contribution in [0.15, 0.2) is 48.5 Å². The zero-order chi connectivity index (χ0) is 15.1. The molecule has 0 amide bonds. The summed E-state index contributed by atoms with van der Waals surface area (Å²) in [6, 6.07) is 14.1. The van der Waals surface area contributed by atoms with Gasteiger partial charge in [0.15, 0.2) is 0 Å². The highest BCUT2D eigenvalue weighted by Gasteiger charge is 2.07. The van der Waals surface area contributed by atoms with E-state index in [9.17, 15) is 4.39 Å². The average Bonchev–Trinajstić information content (AvgIpc) is 2.52. The molecule has 0 heterocycles. The van der Waals surface area contributed by atoms with Gasteiger partial charge in [-0.05, 0) is 48.2 Å². The molecular weight excluding hydrogens is 265 g/mol. The second-order valence-corrected chi connectivity index (χ2v) is 5.22. The lowest BCUT2D eigenvalue weighted by atomic mass is 10.1. The van der Waals surface area contributed by atoms with Gasteiger partial charge in [0.05, 0.1) is 6.04 Å². The summed E-state index contributed by atoms with van der Waals surface area (Å²) in [6.07, 6.45) is 3.51. The van der Waals surface area contributed by atoms with Crippen molar-refractivity contribution in [2.75, 3.05) is 6.61 Å². The number of rotatable bonds is 7. The fourth-order valence-electron chi connectivity index (χ4n) is 2.13. The first-order chi connectivity index (χ1) is 10.2. The SMILES string of the molecule is CCCCc1ccc(OCC(N)c2ccc(F)cc2)cc1. The highest BCUT2D eigenvalue weighted by molar-refractivity contribution is 5.27. The van der Waals surface area contributed by atoms with Gasteiger partial charge in [-0.25, -0.2) is 4.39 Å². The van der Waals surface area contributed by atoms with E-state index in [1.807, 2.05) is 12.1 Å². The maximum absolute atomic E-state index is 12.9. The van der Waals surface area contributed by atoms with Crippen LogP contribution in [0.4, 0.5) is 4.39 Å². The second kappa shape index (κ2) is 7.79. The molecule has 0 bridgehead atoms. The molecule has 21 heavy (non-hydrogen) atoms. The Labute approximate surface area is 125 Å². The Bertz CT molecular complexity index is 536. The van der Waals surface area contributed by atoms with E-state index in [4.69, 9.17) is 10.5 Å². The van der Waals surface area contributed by atoms with Gasteiger partial charge in [0, 0.05) is 0 Å². The molecule has 0 saturated carbocycles. The van der Waals surface area contributed by atoms with Crippen LogP contribution in [0, 0.1) is 5.82 Å². The molecule has 0 aliphatic heterocycles. The van der Waals surface area contributed by atoms with Gasteiger partial charge in [-0.3, -0.25) is 0 Å². The predicted molar refractivity (Wildman–Crippen MR) is 83.9 cm³/mol. The molecule has 0 spiro atoms. The molecular formula is C18H22FNO. The number of hydrogen-bond donors (Lipinski definition) is 1. The minimum Gasteiger partial charge on any atom is -0.492 e. The van der Waals surface area contributed by atoms with E-state index < -0.39 is 0 Å². The smallest absolute Gasteiger partial charge is 0.123 e. The van der Waals surface area contributed by atoms with Gasteiger partial charge in [0.25, 0.3) is 0 Å². The first-order valence-electron chi connectivity index (χ1n) is 7.42. The van der Waals surface area contributed by atoms with Gasteiger partial charge in [-0.15, -0.1) is 0 Å². The molecule has 2 N–H and O–H groups in total. The molecule has 0 aliphatic carbocycles. The van der Waals surface area contributed by atoms with Crippen molar-refractivity contribution in [2.45, 2.75) is 32.2 Å². The summed E-state index contributed by atoms with van der Waals surface area (Å²) in [5.74, 6) is 0.558. The summed E-state index contributed by atoms with van der Waals surface area (Å²) < 4.78 is 18.5. The molecule has 1 atom stereocenters. The predicted octanol–water partition coefficient (Wildman–Crippen LogP) is 4.25. The maximum Gasteiger partial charge on any atom is 0.123 e. The van der Waals surface area contributed by atoms with Crippen LogP contribution < -0.4 is 10.5 Å². The third-order valence-corrected chi connectivity index (χ3v) is 3.47. The van der Waals surface area contributed by atoms with Crippen molar-refractivity contribution in [3.63, 3.8) is 0 Å². The van der Waals surface area contributed by atoms with Crippen LogP contribution in [0.2, 0.25) is 0 Å². The van der Waals surface area contributed by atoms with E-state index in [-0.39, 0.29) is 11.9 Å². The van der Waals surface area contributed by atoms with Gasteiger partial charge in [-0.2, -0.15) is 0 Å². The van der Waals surface area contributed by atoms with Crippen molar-refractivity contribution in [3.05, 3.63) is 65.5 Å². The van der Waals surface area contributed by atoms with E-state index >= 15 is 0 Å². The van der Waals surface area contributed by atoms with Gasteiger partial charge in [-0.1, -0.05) is 37.6 Å². The normalized spacial score (nSPS) is 12.1. The van der Waals surface area contributed by atoms with Crippen molar-refractivity contribution in [1.82, 2.24) is 0 Å². The summed E-state index contributed by atoms with van der Waals surface area (Å²) in [4.78, 5) is 0. The number of aryl methyl sites for hydroxylation is 1. The third-order valence-electron chi connectivity index (χ3n) is 3.47. The Morgan fingerprint density at radius 2 is 1.71 bits per heavy atom. The Balaban J connectivity index is 1.86. The molecule has 0 radical (unpaired) electrons. The fourth-order valence-corrected chi connectivity index (χ4v) is 2.13. The van der Waals surface area contributed by atoms with E-state index in [2.05, 4.69) is 19.1 Å². The number of halogens is 1. The van der Waals surface area contributed by atoms with Crippen LogP contribution in [-0.2, 0) is 6.42 Å². The minimum absolute atomic E-state index is 0.255. The molecule has 0 fully saturated rings. The molecule has 2 rings (SSSR count). The Morgan fingerprint density at radius 3 is 2.33 bits per heavy atom. The first-order valence-corrected chi connectivity index (χ1v) is 7.42. The van der Waals surface area contributed by atoms with Gasteiger partial charge in [0.2, 0.25) is 0 Å². The summed E-state index contributed by atoms with van der Waals surface area (Å²) >= 11 is 0. The zero-order valence-corrected chi connectivity index (χ0v) is 12.4. The molecule has 2 aromatic carbocycles. The summed E-state index contributed by atoms with van der Waals surface area (Å²) in [7, 11) is 0. The second-order valence-electron chi connectivity index (χ2n) is 5.22. The van der Waals surface area contributed by atoms with Crippen molar-refractivity contribution >= 4 is 0 Å². The summed E-state index contributed by atoms with van der Waals surface area (Å²) in [5, 5.41) is 0. The highest BCUT2D eigenvalue weighted by atomic mass is 19.1. The standard InChI is InChI=1S/C18H22FNO/c1-2-3-4-14-5-11-17(12-6-14)21-13-18(20)15-7-9-16(19)10-8-15/h5-12,18H,2-4,13,20H2,1H3. The molecule has 3 heteroatoms. The van der Waals surface area contributed by atoms with Crippen LogP contribution in [0.1, 0.15) is 36.9 Å². The lowest BCUT2D eigenvalue weighted by Gasteiger charge is -2.14. The van der Waals surface area contributed by atoms with Crippen LogP contribution >= 0.6 is 0 Å². The molecule has 2 aromatic rings. The largest absolute Gasteiger partial charge is 0.492 e. The van der Waals surface area contributed by atoms with Gasteiger partial charge in [0.1, 0.15) is 18.2 Å². The zero-order valence-electron chi connectivity index (χ0n) is 12.4. The highest BCUT2D eigenvalue weighted by Crippen LogP contribution is 2.17. The third kappa shape index (κ3) is 4.87. The van der Waals surface area contributed by atoms with Crippen LogP contribution in [0.25, 0.3) is 0 Å². The van der Waals surface area contributed by atoms with Crippen molar-refractivity contribution < 1.29 is 9.13 Å². The van der Waals surface area contributed by atoms with Crippen molar-refractivity contribution in [1.29, 1.82) is 0 Å². The number of nitrogens with two attached hydrogens (primary N) is 1. The Kier molecular flexibility index (Phi) is 5.76. The molecule has 0 saturated heterocycles. The maximum atomic E-state index is 12.9. The molecule has 0 aliphatic rings. The first kappa shape index (κ1) is 15.5. The molecule has 0 aromatic heterocycles. The Hall–Kier alpha value is -1.87. The van der Waals surface area contributed by atoms with E-state index in [1.165, 1.54) is 30.5 Å². The average molecular weight is 287 g/mol. The van der Waals surface area contributed by atoms with E-state index in [1.54, 1.807) is 12.1 Å². The minimum atomic E-state index is -0.259. The van der Waals surface area contributed by atoms with Crippen molar-refractivity contribution in [3.8, 4) is 5.75 Å². The summed E-state index contributed by atoms with van der Waals surface area (Å²) in [6.45, 7) is 2.56. The van der Waals surface area contributed by atoms with Gasteiger partial charge >= 0.3 is 0 Å². The quantitative estimate of drug-likeness (QED) is 0.826. The summed E-state index contributed by atoms with van der Waals surface area (Å²) in [5.41, 5.74) is 8.24. The number of ether oxygens (including phenoxy) is 1. The number of benzene rings is 2. The Morgan fingerprint density at radius 1 is 1.05 bits per heavy atom. The lowest BCUT2D eigenvalue weighted by Crippen LogP contribution is -2.18. The number of hydrogen-bond acceptors (Lipinski definition) is 2. The molecule has 1 unspecified atom stereocenters. The lowest BCUT2D eigenvalue weighted by molar-refractivity contribution is 0.290. The molecule has 2 nitrogen and oxygen atoms in total. The monoisotopic (exact) mass is 287 g/mol. The van der Waals surface area contributed by atoms with E-state index in [0.717, 1.165) is 17.7 Å². The fraction of sp³-hybridized carbons (Fsp3) is 0.333. The van der Waals surface area contributed by atoms with Gasteiger partial charge < -0.3 is 10.5 Å². The number of unbranched alkanes of at least 4 members (excludes halogenated alkanes) is 1. The van der Waals surface area contributed by atoms with E-state index in [0.29, 0.717) is 6.61 Å². The van der Waals surface area contributed by atoms with Crippen molar-refractivity contribution in [2.24, 2.45) is 5.73 Å². The molecule has 112 valence electrons. The van der Waals surface area contributed by atoms with Crippen LogP contribution in [-0.4, -0.2) is 6.61 Å². The van der Waals surface area contributed by atoms with Crippen LogP contribution in [0.3, 0.4) is 0 Å². The van der Waals surface area contributed by atoms with Crippen LogP contribution in [0.5, 0.6) is 5.75 Å².